The van der Waals surface area contributed by atoms with E-state index in [0.717, 1.165) is 0 Å². The van der Waals surface area contributed by atoms with Gasteiger partial charge in [0.2, 0.25) is 34.9 Å². The lowest BCUT2D eigenvalue weighted by Gasteiger charge is -2.14. The number of nitrogens with zero attached hydrogens (tertiary/aromatic N) is 2. The first-order valence-corrected chi connectivity index (χ1v) is 27.5. The van der Waals surface area contributed by atoms with Crippen LogP contribution in [0.2, 0.25) is 0 Å². The summed E-state index contributed by atoms with van der Waals surface area (Å²) in [4.78, 5) is 16.2. The number of hydrogen-bond acceptors (Lipinski definition) is 2. The molecule has 102 heavy (non-hydrogen) atoms. The van der Waals surface area contributed by atoms with Gasteiger partial charge in [-0.2, -0.15) is 0 Å². The Bertz CT molecular complexity index is 5480. The molecule has 6 aromatic carbocycles. The second-order valence-electron chi connectivity index (χ2n) is 21.5. The average molecular weight is 1460 g/mol. The van der Waals surface area contributed by atoms with Gasteiger partial charge in [-0.1, -0.05) is 0 Å². The highest BCUT2D eigenvalue weighted by Gasteiger charge is 2.39. The first-order chi connectivity index (χ1) is 48.1. The number of hydrogen-bond donors (Lipinski definition) is 4. The first-order valence-electron chi connectivity index (χ1n) is 27.5. The molecule has 10 aromatic rings. The fraction of sp³-hybridized carbons (Fsp3) is 0. The van der Waals surface area contributed by atoms with Crippen molar-refractivity contribution in [3.05, 3.63) is 336 Å². The molecule has 3 aliphatic rings. The maximum atomic E-state index is 16.5. The Hall–Kier alpha value is -11.9. The van der Waals surface area contributed by atoms with E-state index < -0.39 is 308 Å². The molecule has 0 amide bonds. The largest absolute Gasteiger partial charge is 0.360 e. The minimum atomic E-state index is -2.91. The van der Waals surface area contributed by atoms with Gasteiger partial charge in [0.1, 0.15) is 0 Å². The third-order valence-corrected chi connectivity index (χ3v) is 16.0. The molecule has 520 valence electrons. The van der Waals surface area contributed by atoms with Crippen molar-refractivity contribution in [1.29, 1.82) is 0 Å². The predicted octanol–water partition coefficient (Wildman–Crippen LogP) is 15.3. The molecule has 3 aliphatic heterocycles. The van der Waals surface area contributed by atoms with Crippen molar-refractivity contribution in [2.24, 2.45) is 9.98 Å². The zero-order valence-electron chi connectivity index (χ0n) is 48.2. The molecule has 0 fully saturated rings. The molecule has 4 N–H and O–H groups in total. The molecule has 7 heterocycles. The third-order valence-electron chi connectivity index (χ3n) is 16.0. The number of aromatic amines is 4. The highest BCUT2D eigenvalue weighted by atomic mass is 19.2. The maximum absolute atomic E-state index is 16.5. The average Bonchev–Trinajstić information content (AvgIpc) is 1.41. The van der Waals surface area contributed by atoms with Crippen LogP contribution in [0.5, 0.6) is 0 Å². The van der Waals surface area contributed by atoms with Crippen LogP contribution in [0.3, 0.4) is 0 Å². The number of allylic oxidation sites excluding steroid dienone is 4. The molecule has 13 rings (SSSR count). The molecule has 12 bridgehead atoms. The molecular formula is C66H16F30N6. The normalized spacial score (nSPS) is 14.1. The minimum absolute atomic E-state index is 0.280. The summed E-state index contributed by atoms with van der Waals surface area (Å²) >= 11 is 0. The van der Waals surface area contributed by atoms with Crippen molar-refractivity contribution in [1.82, 2.24) is 19.9 Å². The molecule has 0 unspecified atom stereocenters. The van der Waals surface area contributed by atoms with Crippen molar-refractivity contribution in [2.45, 2.75) is 0 Å². The van der Waals surface area contributed by atoms with E-state index in [1.165, 1.54) is 0 Å². The molecule has 0 radical (unpaired) electrons. The van der Waals surface area contributed by atoms with Crippen LogP contribution in [0.25, 0.3) is 33.4 Å². The summed E-state index contributed by atoms with van der Waals surface area (Å²) in [6.07, 6.45) is 1.83. The Balaban J connectivity index is 1.29. The SMILES string of the molecule is Fc1c(F)c(F)c(C2=C3C=CC(=N3)C(c3c(F)c(F)c(F)c(F)c3F)=c3ccc([nH]3)=C(c3c(F)c(F)c(F)c(F)c3F)C3=NC(=C(c4c(F)c(F)c(F)c(F)c4F)c4ccc([nH]4)C(c4c(F)c(F)c(F)c(F)c4F)=c4ccc([nH]4)=C(c4c(F)c(F)c(F)c(F)c4F)c4c[nH]c2c4)C=C3)c(F)c1F. The molecule has 0 saturated heterocycles. The first kappa shape index (κ1) is 68.6. The topological polar surface area (TPSA) is 87.9 Å². The van der Waals surface area contributed by atoms with Crippen molar-refractivity contribution >= 4 is 44.9 Å². The number of rotatable bonds is 6. The number of nitrogens with one attached hydrogen (secondary N) is 4. The predicted molar refractivity (Wildman–Crippen MR) is 293 cm³/mol. The van der Waals surface area contributed by atoms with Crippen molar-refractivity contribution in [3.8, 4) is 0 Å². The Labute approximate surface area is 541 Å². The lowest BCUT2D eigenvalue weighted by atomic mass is 9.95. The highest BCUT2D eigenvalue weighted by molar-refractivity contribution is 6.32. The van der Waals surface area contributed by atoms with E-state index in [9.17, 15) is 26.3 Å². The van der Waals surface area contributed by atoms with Crippen LogP contribution in [-0.2, 0) is 0 Å². The van der Waals surface area contributed by atoms with Crippen LogP contribution in [0.4, 0.5) is 132 Å². The van der Waals surface area contributed by atoms with E-state index in [-0.39, 0.29) is 6.07 Å². The van der Waals surface area contributed by atoms with E-state index in [1.807, 2.05) is 0 Å². The number of aliphatic imine (C=N–C) groups is 2. The Morgan fingerprint density at radius 3 is 0.735 bits per heavy atom. The molecule has 0 spiro atoms. The Kier molecular flexibility index (Phi) is 16.5. The smallest absolute Gasteiger partial charge is 0.200 e. The molecule has 4 aromatic heterocycles. The fourth-order valence-electron chi connectivity index (χ4n) is 11.4. The molecule has 0 atom stereocenters. The summed E-state index contributed by atoms with van der Waals surface area (Å²) in [5.74, 6) is -85.7. The van der Waals surface area contributed by atoms with E-state index in [0.29, 0.717) is 66.9 Å². The number of halogens is 30. The van der Waals surface area contributed by atoms with Gasteiger partial charge in [-0.15, -0.1) is 0 Å². The van der Waals surface area contributed by atoms with Gasteiger partial charge in [-0.3, -0.25) is 0 Å². The molecule has 6 nitrogen and oxygen atoms in total. The maximum Gasteiger partial charge on any atom is 0.200 e. The second-order valence-corrected chi connectivity index (χ2v) is 21.5. The van der Waals surface area contributed by atoms with Gasteiger partial charge < -0.3 is 19.9 Å². The van der Waals surface area contributed by atoms with E-state index in [4.69, 9.17) is 0 Å². The highest BCUT2D eigenvalue weighted by Crippen LogP contribution is 2.43. The Morgan fingerprint density at radius 2 is 0.431 bits per heavy atom. The van der Waals surface area contributed by atoms with Crippen LogP contribution in [-0.4, -0.2) is 31.4 Å². The van der Waals surface area contributed by atoms with Crippen molar-refractivity contribution in [2.75, 3.05) is 0 Å². The van der Waals surface area contributed by atoms with E-state index in [2.05, 4.69) is 29.9 Å². The van der Waals surface area contributed by atoms with E-state index >= 15 is 105 Å². The lowest BCUT2D eigenvalue weighted by molar-refractivity contribution is 0.376. The molecule has 0 aliphatic carbocycles. The zero-order valence-corrected chi connectivity index (χ0v) is 48.2. The summed E-state index contributed by atoms with van der Waals surface area (Å²) in [5, 5.41) is -4.97. The summed E-state index contributed by atoms with van der Waals surface area (Å²) in [5.41, 5.74) is -32.7. The standard InChI is InChI=1S/C66H16F30N6/c67-37-31(38(68)50(80)61(91)49(37)79)25-13-11-24(97-12-13)30(36-47(77)59(89)66(96)60(90)48(36)78)23-10-9-22(102-23)29(35-45(75)57(87)65(95)58(88)46(35)76)21-8-7-20(101-21)28(34-43(73)55(85)64(94)56(86)44(34)74)19-6-5-18(100-19)27(33-41(71)53(83)63(93)54(84)42(33)72)17-4-3-16(99-17)26(15-2-1-14(25)98-15)32-39(69)51(81)62(92)52(82)40(32)70/h1-12,97-99,101H. The Morgan fingerprint density at radius 1 is 0.206 bits per heavy atom. The monoisotopic (exact) mass is 1460 g/mol. The zero-order chi connectivity index (χ0) is 73.9. The van der Waals surface area contributed by atoms with E-state index in [1.54, 1.807) is 0 Å². The second kappa shape index (κ2) is 24.5. The van der Waals surface area contributed by atoms with Crippen LogP contribution in [0, 0.1) is 175 Å². The summed E-state index contributed by atoms with van der Waals surface area (Å²) in [6, 6.07) is 2.75. The fourth-order valence-corrected chi connectivity index (χ4v) is 11.4. The van der Waals surface area contributed by atoms with Crippen LogP contribution in [0.1, 0.15) is 56.0 Å². The number of aromatic nitrogens is 4. The molecule has 0 saturated carbocycles. The third kappa shape index (κ3) is 10.0. The minimum Gasteiger partial charge on any atom is -0.360 e. The van der Waals surface area contributed by atoms with Crippen molar-refractivity contribution < 1.29 is 132 Å². The van der Waals surface area contributed by atoms with Gasteiger partial charge in [0, 0.05) is 83.7 Å². The lowest BCUT2D eigenvalue weighted by Crippen LogP contribution is -2.24. The number of benzene rings is 6. The van der Waals surface area contributed by atoms with Gasteiger partial charge in [-0.05, 0) is 66.8 Å². The van der Waals surface area contributed by atoms with Gasteiger partial charge in [0.15, 0.2) is 140 Å². The van der Waals surface area contributed by atoms with Gasteiger partial charge in [-0.25, -0.2) is 142 Å². The summed E-state index contributed by atoms with van der Waals surface area (Å²) < 4.78 is 473. The van der Waals surface area contributed by atoms with Gasteiger partial charge in [0.05, 0.1) is 56.2 Å². The van der Waals surface area contributed by atoms with Crippen LogP contribution in [0.15, 0.2) is 94.3 Å². The summed E-state index contributed by atoms with van der Waals surface area (Å²) in [6.45, 7) is 0. The quantitative estimate of drug-likeness (QED) is 0.0726. The van der Waals surface area contributed by atoms with Crippen molar-refractivity contribution in [3.63, 3.8) is 0 Å². The van der Waals surface area contributed by atoms with Crippen LogP contribution < -0.4 is 21.4 Å². The van der Waals surface area contributed by atoms with Crippen LogP contribution >= 0.6 is 0 Å². The summed E-state index contributed by atoms with van der Waals surface area (Å²) in [7, 11) is 0. The molecule has 36 heteroatoms. The van der Waals surface area contributed by atoms with Gasteiger partial charge >= 0.3 is 0 Å². The number of fused-ring (bicyclic) bond motifs is 10. The number of H-pyrrole nitrogens is 4. The van der Waals surface area contributed by atoms with Gasteiger partial charge in [0.25, 0.3) is 0 Å². The molecular weight excluding hydrogens is 1450 g/mol.